The van der Waals surface area contributed by atoms with Gasteiger partial charge in [-0.05, 0) is 61.4 Å². The molecule has 2 heterocycles. The Morgan fingerprint density at radius 3 is 2.50 bits per heavy atom. The summed E-state index contributed by atoms with van der Waals surface area (Å²) < 4.78 is 6.16. The van der Waals surface area contributed by atoms with E-state index < -0.39 is 12.2 Å². The molecule has 8 nitrogen and oxygen atoms in total. The molecule has 3 aromatic carbocycles. The van der Waals surface area contributed by atoms with E-state index in [1.54, 1.807) is 40.1 Å². The minimum absolute atomic E-state index is 0.0417. The number of halogens is 2. The third-order valence-electron chi connectivity index (χ3n) is 6.98. The molecular weight excluding hydrogens is 549 g/mol. The van der Waals surface area contributed by atoms with E-state index in [9.17, 15) is 14.9 Å². The number of hydrogen-bond donors (Lipinski definition) is 2. The molecule has 0 saturated carbocycles. The highest BCUT2D eigenvalue weighted by Gasteiger charge is 2.48. The van der Waals surface area contributed by atoms with Gasteiger partial charge in [-0.2, -0.15) is 5.26 Å². The number of nitriles is 1. The van der Waals surface area contributed by atoms with Gasteiger partial charge >= 0.3 is 6.03 Å². The summed E-state index contributed by atoms with van der Waals surface area (Å²) in [6, 6.07) is 21.2. The molecule has 0 radical (unpaired) electrons. The van der Waals surface area contributed by atoms with Crippen molar-refractivity contribution in [1.82, 2.24) is 20.4 Å². The molecule has 0 spiro atoms. The molecule has 2 aliphatic rings. The van der Waals surface area contributed by atoms with Gasteiger partial charge < -0.3 is 15.0 Å². The summed E-state index contributed by atoms with van der Waals surface area (Å²) >= 11 is 12.7. The number of amides is 3. The summed E-state index contributed by atoms with van der Waals surface area (Å²) in [4.78, 5) is 30.0. The van der Waals surface area contributed by atoms with Gasteiger partial charge in [0.25, 0.3) is 0 Å². The summed E-state index contributed by atoms with van der Waals surface area (Å²) in [6.07, 6.45) is -0.816. The van der Waals surface area contributed by atoms with Gasteiger partial charge in [-0.1, -0.05) is 53.5 Å². The number of nitrogens with zero attached hydrogens (tertiary/aromatic N) is 3. The monoisotopic (exact) mass is 577 g/mol. The van der Waals surface area contributed by atoms with Crippen molar-refractivity contribution in [2.75, 3.05) is 19.6 Å². The highest BCUT2D eigenvalue weighted by Crippen LogP contribution is 2.48. The number of carbonyl (C=O) groups excluding carboxylic acids is 2. The summed E-state index contributed by atoms with van der Waals surface area (Å²) in [7, 11) is 0. The van der Waals surface area contributed by atoms with Crippen LogP contribution in [0.5, 0.6) is 5.75 Å². The third kappa shape index (κ3) is 5.73. The molecule has 3 atom stereocenters. The lowest BCUT2D eigenvalue weighted by Crippen LogP contribution is -2.54. The summed E-state index contributed by atoms with van der Waals surface area (Å²) in [6.45, 7) is 4.53. The van der Waals surface area contributed by atoms with Crippen LogP contribution in [0.25, 0.3) is 0 Å². The predicted molar refractivity (Wildman–Crippen MR) is 153 cm³/mol. The number of rotatable bonds is 5. The first-order valence-corrected chi connectivity index (χ1v) is 13.8. The van der Waals surface area contributed by atoms with E-state index in [2.05, 4.69) is 16.7 Å². The van der Waals surface area contributed by atoms with Gasteiger partial charge in [-0.15, -0.1) is 0 Å². The second kappa shape index (κ2) is 11.8. The van der Waals surface area contributed by atoms with E-state index in [4.69, 9.17) is 27.9 Å². The number of carbonyl (C=O) groups is 2. The first-order valence-electron chi connectivity index (χ1n) is 13.1. The fourth-order valence-electron chi connectivity index (χ4n) is 5.27. The minimum Gasteiger partial charge on any atom is -0.491 e. The van der Waals surface area contributed by atoms with Gasteiger partial charge in [0.2, 0.25) is 5.91 Å². The Kier molecular flexibility index (Phi) is 8.17. The van der Waals surface area contributed by atoms with Crippen LogP contribution < -0.4 is 15.4 Å². The van der Waals surface area contributed by atoms with Crippen LogP contribution in [-0.2, 0) is 4.79 Å². The Bertz CT molecular complexity index is 1460. The van der Waals surface area contributed by atoms with Crippen LogP contribution in [0, 0.1) is 11.3 Å². The number of nitrogens with one attached hydrogen (secondary N) is 2. The van der Waals surface area contributed by atoms with Crippen molar-refractivity contribution in [1.29, 1.82) is 5.26 Å². The van der Waals surface area contributed by atoms with E-state index in [1.165, 1.54) is 0 Å². The van der Waals surface area contributed by atoms with Gasteiger partial charge in [0.1, 0.15) is 18.5 Å². The molecule has 3 aromatic rings. The molecule has 10 heteroatoms. The van der Waals surface area contributed by atoms with Crippen molar-refractivity contribution >= 4 is 35.1 Å². The maximum absolute atomic E-state index is 14.4. The summed E-state index contributed by atoms with van der Waals surface area (Å²) in [5.41, 5.74) is 2.90. The molecule has 0 aromatic heterocycles. The molecule has 2 N–H and O–H groups in total. The number of hydrogen-bond acceptors (Lipinski definition) is 5. The first kappa shape index (κ1) is 27.8. The Hall–Kier alpha value is -3.77. The van der Waals surface area contributed by atoms with Gasteiger partial charge in [-0.25, -0.2) is 4.79 Å². The number of urea groups is 1. The zero-order valence-electron chi connectivity index (χ0n) is 22.1. The van der Waals surface area contributed by atoms with E-state index in [1.807, 2.05) is 50.2 Å². The normalized spacial score (nSPS) is 20.8. The molecule has 1 unspecified atom stereocenters. The Morgan fingerprint density at radius 2 is 1.82 bits per heavy atom. The van der Waals surface area contributed by atoms with Gasteiger partial charge in [0.15, 0.2) is 0 Å². The molecule has 40 heavy (non-hydrogen) atoms. The molecule has 2 fully saturated rings. The molecule has 5 rings (SSSR count). The van der Waals surface area contributed by atoms with Crippen LogP contribution in [0.4, 0.5) is 4.79 Å². The molecule has 206 valence electrons. The van der Waals surface area contributed by atoms with Crippen LogP contribution in [-0.4, -0.2) is 47.5 Å². The van der Waals surface area contributed by atoms with Gasteiger partial charge in [-0.3, -0.25) is 15.0 Å². The van der Waals surface area contributed by atoms with Crippen molar-refractivity contribution in [3.05, 3.63) is 99.0 Å². The largest absolute Gasteiger partial charge is 0.491 e. The van der Waals surface area contributed by atoms with Crippen LogP contribution in [0.15, 0.2) is 66.7 Å². The van der Waals surface area contributed by atoms with Gasteiger partial charge in [0.05, 0.1) is 29.8 Å². The van der Waals surface area contributed by atoms with Crippen molar-refractivity contribution in [3.8, 4) is 11.8 Å². The van der Waals surface area contributed by atoms with Crippen molar-refractivity contribution in [3.63, 3.8) is 0 Å². The lowest BCUT2D eigenvalue weighted by molar-refractivity contribution is -0.123. The Morgan fingerprint density at radius 1 is 1.05 bits per heavy atom. The molecule has 0 aliphatic carbocycles. The van der Waals surface area contributed by atoms with Crippen LogP contribution >= 0.6 is 23.2 Å². The van der Waals surface area contributed by atoms with Crippen LogP contribution in [0.3, 0.4) is 0 Å². The number of benzene rings is 3. The fourth-order valence-corrected chi connectivity index (χ4v) is 5.60. The molecule has 2 aliphatic heterocycles. The minimum atomic E-state index is -0.649. The van der Waals surface area contributed by atoms with E-state index in [0.717, 1.165) is 11.1 Å². The maximum Gasteiger partial charge on any atom is 0.322 e. The average Bonchev–Trinajstić information content (AvgIpc) is 3.33. The quantitative estimate of drug-likeness (QED) is 0.412. The molecule has 3 amide bonds. The Labute approximate surface area is 243 Å². The van der Waals surface area contributed by atoms with Crippen molar-refractivity contribution in [2.24, 2.45) is 0 Å². The highest BCUT2D eigenvalue weighted by atomic mass is 35.5. The molecule has 0 bridgehead atoms. The molecule has 2 saturated heterocycles. The lowest BCUT2D eigenvalue weighted by Gasteiger charge is -2.37. The van der Waals surface area contributed by atoms with Crippen LogP contribution in [0.1, 0.15) is 54.4 Å². The van der Waals surface area contributed by atoms with E-state index >= 15 is 0 Å². The zero-order valence-corrected chi connectivity index (χ0v) is 23.6. The standard InChI is InChI=1S/C30H29Cl2N5O3/c1-18(2)40-25-14-19(16-33)6-11-24(25)29-35-27(21-4-3-5-23(32)15-21)28(20-7-9-22(31)10-8-20)37(29)30(39)36-13-12-34-26(38)17-36/h3-11,14-15,18,27-29,35H,12-13,17H2,1-2H3,(H,34,38)/t27-,28+,29?/m0/s1. The fraction of sp³-hybridized carbons (Fsp3) is 0.300. The van der Waals surface area contributed by atoms with Crippen molar-refractivity contribution < 1.29 is 14.3 Å². The second-order valence-electron chi connectivity index (χ2n) is 10.1. The Balaban J connectivity index is 1.69. The zero-order chi connectivity index (χ0) is 28.4. The second-order valence-corrected chi connectivity index (χ2v) is 11.0. The lowest BCUT2D eigenvalue weighted by atomic mass is 9.94. The highest BCUT2D eigenvalue weighted by molar-refractivity contribution is 6.30. The molecular formula is C30H29Cl2N5O3. The maximum atomic E-state index is 14.4. The van der Waals surface area contributed by atoms with E-state index in [-0.39, 0.29) is 30.6 Å². The summed E-state index contributed by atoms with van der Waals surface area (Å²) in [5.74, 6) is 0.294. The van der Waals surface area contributed by atoms with Crippen molar-refractivity contribution in [2.45, 2.75) is 38.2 Å². The van der Waals surface area contributed by atoms with Gasteiger partial charge in [0, 0.05) is 28.7 Å². The first-order chi connectivity index (χ1) is 19.2. The topological polar surface area (TPSA) is 97.7 Å². The smallest absolute Gasteiger partial charge is 0.322 e. The number of ether oxygens (including phenoxy) is 1. The summed E-state index contributed by atoms with van der Waals surface area (Å²) in [5, 5.41) is 17.2. The predicted octanol–water partition coefficient (Wildman–Crippen LogP) is 5.59. The third-order valence-corrected chi connectivity index (χ3v) is 7.47. The van der Waals surface area contributed by atoms with E-state index in [0.29, 0.717) is 40.0 Å². The average molecular weight is 579 g/mol. The van der Waals surface area contributed by atoms with Crippen LogP contribution in [0.2, 0.25) is 10.0 Å². The number of piperazine rings is 1. The SMILES string of the molecule is CC(C)Oc1cc(C#N)ccc1C1N[C@@H](c2cccc(Cl)c2)[C@@H](c2ccc(Cl)cc2)N1C(=O)N1CCNC(=O)C1.